The minimum atomic E-state index is -2.97. The van der Waals surface area contributed by atoms with Crippen LogP contribution in [-0.4, -0.2) is 28.7 Å². The Morgan fingerprint density at radius 3 is 2.64 bits per heavy atom. The van der Waals surface area contributed by atoms with Crippen LogP contribution in [0.3, 0.4) is 0 Å². The number of carbonyl (C=O) groups is 1. The molecule has 1 fully saturated rings. The highest BCUT2D eigenvalue weighted by Crippen LogP contribution is 2.32. The van der Waals surface area contributed by atoms with Crippen molar-refractivity contribution in [2.24, 2.45) is 0 Å². The zero-order valence-corrected chi connectivity index (χ0v) is 13.7. The highest BCUT2D eigenvalue weighted by molar-refractivity contribution is 5.97. The van der Waals surface area contributed by atoms with Gasteiger partial charge in [-0.2, -0.15) is 13.8 Å². The molecule has 0 unspecified atom stereocenters. The summed E-state index contributed by atoms with van der Waals surface area (Å²) in [5.41, 5.74) is 0.109. The van der Waals surface area contributed by atoms with E-state index in [2.05, 4.69) is 20.2 Å². The SMILES string of the molecule is Cc1noc(C2CCC(NC(=O)c3ccccc3OC(F)F)CC2)n1. The molecule has 134 valence electrons. The van der Waals surface area contributed by atoms with Gasteiger partial charge in [-0.25, -0.2) is 0 Å². The maximum Gasteiger partial charge on any atom is 0.387 e. The fourth-order valence-electron chi connectivity index (χ4n) is 3.08. The van der Waals surface area contributed by atoms with E-state index in [1.807, 2.05) is 0 Å². The summed E-state index contributed by atoms with van der Waals surface area (Å²) in [6.07, 6.45) is 3.16. The third kappa shape index (κ3) is 4.32. The van der Waals surface area contributed by atoms with Crippen LogP contribution >= 0.6 is 0 Å². The lowest BCUT2D eigenvalue weighted by Crippen LogP contribution is -2.37. The lowest BCUT2D eigenvalue weighted by molar-refractivity contribution is -0.0501. The normalized spacial score (nSPS) is 20.5. The predicted molar refractivity (Wildman–Crippen MR) is 84.6 cm³/mol. The first-order valence-electron chi connectivity index (χ1n) is 8.18. The first-order valence-corrected chi connectivity index (χ1v) is 8.18. The molecule has 1 aromatic heterocycles. The third-order valence-electron chi connectivity index (χ3n) is 4.30. The molecule has 1 aromatic carbocycles. The van der Waals surface area contributed by atoms with Crippen molar-refractivity contribution in [2.45, 2.75) is 51.2 Å². The van der Waals surface area contributed by atoms with Gasteiger partial charge in [0, 0.05) is 12.0 Å². The standard InChI is InChI=1S/C17H19F2N3O3/c1-10-20-16(25-22-10)11-6-8-12(9-7-11)21-15(23)13-4-2-3-5-14(13)24-17(18)19/h2-5,11-12,17H,6-9H2,1H3,(H,21,23). The number of alkyl halides is 2. The molecule has 6 nitrogen and oxygen atoms in total. The van der Waals surface area contributed by atoms with E-state index in [1.165, 1.54) is 12.1 Å². The molecule has 0 saturated heterocycles. The van der Waals surface area contributed by atoms with E-state index in [0.717, 1.165) is 25.7 Å². The van der Waals surface area contributed by atoms with Crippen molar-refractivity contribution in [3.05, 3.63) is 41.5 Å². The van der Waals surface area contributed by atoms with Crippen LogP contribution in [0.15, 0.2) is 28.8 Å². The van der Waals surface area contributed by atoms with Gasteiger partial charge in [0.2, 0.25) is 5.89 Å². The summed E-state index contributed by atoms with van der Waals surface area (Å²) < 4.78 is 34.5. The summed E-state index contributed by atoms with van der Waals surface area (Å²) >= 11 is 0. The number of amides is 1. The molecular formula is C17H19F2N3O3. The molecule has 1 N–H and O–H groups in total. The Morgan fingerprint density at radius 2 is 2.00 bits per heavy atom. The molecule has 1 heterocycles. The Kier molecular flexibility index (Phi) is 5.25. The van der Waals surface area contributed by atoms with E-state index < -0.39 is 12.5 Å². The van der Waals surface area contributed by atoms with Gasteiger partial charge in [0.05, 0.1) is 5.56 Å². The molecular weight excluding hydrogens is 332 g/mol. The number of carbonyl (C=O) groups excluding carboxylic acids is 1. The van der Waals surface area contributed by atoms with Gasteiger partial charge in [-0.1, -0.05) is 17.3 Å². The number of hydrogen-bond donors (Lipinski definition) is 1. The summed E-state index contributed by atoms with van der Waals surface area (Å²) in [4.78, 5) is 16.6. The largest absolute Gasteiger partial charge is 0.434 e. The second kappa shape index (κ2) is 7.58. The molecule has 8 heteroatoms. The topological polar surface area (TPSA) is 77.2 Å². The second-order valence-corrected chi connectivity index (χ2v) is 6.08. The molecule has 0 bridgehead atoms. The van der Waals surface area contributed by atoms with Crippen LogP contribution in [-0.2, 0) is 0 Å². The summed E-state index contributed by atoms with van der Waals surface area (Å²) in [5.74, 6) is 0.918. The van der Waals surface area contributed by atoms with Crippen LogP contribution in [0.4, 0.5) is 8.78 Å². The molecule has 1 aliphatic carbocycles. The molecule has 2 aromatic rings. The molecule has 0 spiro atoms. The van der Waals surface area contributed by atoms with Gasteiger partial charge in [-0.15, -0.1) is 0 Å². The Hall–Kier alpha value is -2.51. The van der Waals surface area contributed by atoms with E-state index in [9.17, 15) is 13.6 Å². The number of nitrogens with zero attached hydrogens (tertiary/aromatic N) is 2. The highest BCUT2D eigenvalue weighted by atomic mass is 19.3. The zero-order valence-electron chi connectivity index (χ0n) is 13.7. The van der Waals surface area contributed by atoms with E-state index in [-0.39, 0.29) is 23.3 Å². The predicted octanol–water partition coefficient (Wildman–Crippen LogP) is 3.44. The van der Waals surface area contributed by atoms with Crippen LogP contribution in [0.5, 0.6) is 5.75 Å². The third-order valence-corrected chi connectivity index (χ3v) is 4.30. The number of aryl methyl sites for hydroxylation is 1. The number of rotatable bonds is 5. The highest BCUT2D eigenvalue weighted by Gasteiger charge is 2.27. The maximum atomic E-state index is 12.5. The van der Waals surface area contributed by atoms with Gasteiger partial charge in [0.15, 0.2) is 5.82 Å². The fourth-order valence-corrected chi connectivity index (χ4v) is 3.08. The van der Waals surface area contributed by atoms with Crippen LogP contribution in [0.25, 0.3) is 0 Å². The van der Waals surface area contributed by atoms with Gasteiger partial charge < -0.3 is 14.6 Å². The Morgan fingerprint density at radius 1 is 1.28 bits per heavy atom. The van der Waals surface area contributed by atoms with Crippen molar-refractivity contribution in [1.82, 2.24) is 15.5 Å². The molecule has 1 saturated carbocycles. The van der Waals surface area contributed by atoms with Gasteiger partial charge in [0.25, 0.3) is 5.91 Å². The Labute approximate surface area is 143 Å². The molecule has 0 aliphatic heterocycles. The maximum absolute atomic E-state index is 12.5. The van der Waals surface area contributed by atoms with Crippen LogP contribution in [0.2, 0.25) is 0 Å². The van der Waals surface area contributed by atoms with Crippen molar-refractivity contribution in [3.8, 4) is 5.75 Å². The van der Waals surface area contributed by atoms with Crippen LogP contribution in [0.1, 0.15) is 53.7 Å². The van der Waals surface area contributed by atoms with E-state index in [1.54, 1.807) is 19.1 Å². The molecule has 0 radical (unpaired) electrons. The van der Waals surface area contributed by atoms with Crippen LogP contribution in [0, 0.1) is 6.92 Å². The molecule has 0 atom stereocenters. The zero-order chi connectivity index (χ0) is 17.8. The summed E-state index contributed by atoms with van der Waals surface area (Å²) in [7, 11) is 0. The number of hydrogen-bond acceptors (Lipinski definition) is 5. The van der Waals surface area contributed by atoms with Crippen LogP contribution < -0.4 is 10.1 Å². The van der Waals surface area contributed by atoms with E-state index in [4.69, 9.17) is 4.52 Å². The van der Waals surface area contributed by atoms with Gasteiger partial charge in [-0.05, 0) is 44.7 Å². The van der Waals surface area contributed by atoms with Crippen molar-refractivity contribution in [2.75, 3.05) is 0 Å². The fraction of sp³-hybridized carbons (Fsp3) is 0.471. The Balaban J connectivity index is 1.58. The van der Waals surface area contributed by atoms with Gasteiger partial charge >= 0.3 is 6.61 Å². The van der Waals surface area contributed by atoms with E-state index in [0.29, 0.717) is 11.7 Å². The number of ether oxygens (including phenoxy) is 1. The smallest absolute Gasteiger partial charge is 0.387 e. The lowest BCUT2D eigenvalue weighted by atomic mass is 9.86. The number of para-hydroxylation sites is 1. The summed E-state index contributed by atoms with van der Waals surface area (Å²) in [6.45, 7) is -1.19. The second-order valence-electron chi connectivity index (χ2n) is 6.08. The average molecular weight is 351 g/mol. The van der Waals surface area contributed by atoms with Crippen molar-refractivity contribution < 1.29 is 22.8 Å². The minimum absolute atomic E-state index is 0.0209. The van der Waals surface area contributed by atoms with Crippen molar-refractivity contribution >= 4 is 5.91 Å². The first kappa shape index (κ1) is 17.3. The van der Waals surface area contributed by atoms with Gasteiger partial charge in [-0.3, -0.25) is 4.79 Å². The van der Waals surface area contributed by atoms with Crippen molar-refractivity contribution in [1.29, 1.82) is 0 Å². The number of halogens is 2. The number of aromatic nitrogens is 2. The van der Waals surface area contributed by atoms with E-state index >= 15 is 0 Å². The van der Waals surface area contributed by atoms with Crippen molar-refractivity contribution in [3.63, 3.8) is 0 Å². The van der Waals surface area contributed by atoms with Gasteiger partial charge in [0.1, 0.15) is 5.75 Å². The molecule has 3 rings (SSSR count). The lowest BCUT2D eigenvalue weighted by Gasteiger charge is -2.27. The average Bonchev–Trinajstić information content (AvgIpc) is 3.02. The number of nitrogens with one attached hydrogen (secondary N) is 1. The molecule has 1 amide bonds. The number of benzene rings is 1. The monoisotopic (exact) mass is 351 g/mol. The first-order chi connectivity index (χ1) is 12.0. The molecule has 25 heavy (non-hydrogen) atoms. The summed E-state index contributed by atoms with van der Waals surface area (Å²) in [5, 5.41) is 6.70. The minimum Gasteiger partial charge on any atom is -0.434 e. The summed E-state index contributed by atoms with van der Waals surface area (Å²) in [6, 6.07) is 5.97. The Bertz CT molecular complexity index is 727. The quantitative estimate of drug-likeness (QED) is 0.893. The molecule has 1 aliphatic rings.